The topological polar surface area (TPSA) is 66.1 Å². The molecule has 21 heavy (non-hydrogen) atoms. The van der Waals surface area contributed by atoms with Crippen molar-refractivity contribution in [1.82, 2.24) is 14.3 Å². The number of nitrogens with zero attached hydrogens (tertiary/aromatic N) is 2. The quantitative estimate of drug-likeness (QED) is 0.808. The summed E-state index contributed by atoms with van der Waals surface area (Å²) in [4.78, 5) is 7.45. The maximum atomic E-state index is 12.2. The van der Waals surface area contributed by atoms with Crippen molar-refractivity contribution in [2.45, 2.75) is 4.90 Å². The Morgan fingerprint density at radius 2 is 1.90 bits per heavy atom. The van der Waals surface area contributed by atoms with Gasteiger partial charge < -0.3 is 4.98 Å². The number of para-hydroxylation sites is 1. The van der Waals surface area contributed by atoms with Gasteiger partial charge in [-0.2, -0.15) is 0 Å². The summed E-state index contributed by atoms with van der Waals surface area (Å²) in [7, 11) is -0.468. The summed E-state index contributed by atoms with van der Waals surface area (Å²) >= 11 is 0. The summed E-state index contributed by atoms with van der Waals surface area (Å²) in [6.45, 7) is 0. The van der Waals surface area contributed by atoms with Crippen LogP contribution in [0.15, 0.2) is 53.8 Å². The van der Waals surface area contributed by atoms with Crippen molar-refractivity contribution >= 4 is 20.9 Å². The van der Waals surface area contributed by atoms with E-state index in [-0.39, 0.29) is 4.90 Å². The Morgan fingerprint density at radius 1 is 1.14 bits per heavy atom. The second-order valence-electron chi connectivity index (χ2n) is 4.94. The first-order valence-electron chi connectivity index (χ1n) is 6.44. The first-order valence-corrected chi connectivity index (χ1v) is 7.88. The number of benzene rings is 1. The predicted molar refractivity (Wildman–Crippen MR) is 82.4 cm³/mol. The van der Waals surface area contributed by atoms with Gasteiger partial charge in [0.15, 0.2) is 0 Å². The van der Waals surface area contributed by atoms with E-state index >= 15 is 0 Å². The first kappa shape index (κ1) is 13.8. The molecule has 1 aromatic carbocycles. The zero-order valence-electron chi connectivity index (χ0n) is 11.7. The molecule has 108 valence electrons. The van der Waals surface area contributed by atoms with Crippen LogP contribution in [0.1, 0.15) is 0 Å². The van der Waals surface area contributed by atoms with Crippen LogP contribution in [0.2, 0.25) is 0 Å². The SMILES string of the molecule is CN(C)S(=O)(=O)c1cncc(-c2c[nH]c3ccccc23)c1. The van der Waals surface area contributed by atoms with E-state index in [1.165, 1.54) is 24.6 Å². The lowest BCUT2D eigenvalue weighted by Gasteiger charge is -2.11. The number of rotatable bonds is 3. The number of H-pyrrole nitrogens is 1. The Bertz CT molecular complexity index is 898. The lowest BCUT2D eigenvalue weighted by molar-refractivity contribution is 0.520. The summed E-state index contributed by atoms with van der Waals surface area (Å²) in [6, 6.07) is 9.53. The van der Waals surface area contributed by atoms with Gasteiger partial charge in [0.25, 0.3) is 0 Å². The third kappa shape index (κ3) is 2.32. The van der Waals surface area contributed by atoms with E-state index in [2.05, 4.69) is 9.97 Å². The molecule has 0 saturated heterocycles. The molecule has 0 bridgehead atoms. The van der Waals surface area contributed by atoms with Gasteiger partial charge in [-0.25, -0.2) is 12.7 Å². The largest absolute Gasteiger partial charge is 0.361 e. The van der Waals surface area contributed by atoms with Crippen LogP contribution in [0, 0.1) is 0 Å². The molecular formula is C15H15N3O2S. The van der Waals surface area contributed by atoms with Crippen molar-refractivity contribution in [2.24, 2.45) is 0 Å². The number of aromatic nitrogens is 2. The van der Waals surface area contributed by atoms with Crippen LogP contribution in [0.4, 0.5) is 0 Å². The number of sulfonamides is 1. The molecule has 0 amide bonds. The highest BCUT2D eigenvalue weighted by molar-refractivity contribution is 7.89. The maximum Gasteiger partial charge on any atom is 0.244 e. The fourth-order valence-corrected chi connectivity index (χ4v) is 3.12. The van der Waals surface area contributed by atoms with E-state index in [0.29, 0.717) is 0 Å². The molecule has 3 aromatic rings. The number of hydrogen-bond donors (Lipinski definition) is 1. The fraction of sp³-hybridized carbons (Fsp3) is 0.133. The van der Waals surface area contributed by atoms with Crippen molar-refractivity contribution in [2.75, 3.05) is 14.1 Å². The average Bonchev–Trinajstić information content (AvgIpc) is 2.91. The summed E-state index contributed by atoms with van der Waals surface area (Å²) in [6.07, 6.45) is 4.91. The van der Waals surface area contributed by atoms with Crippen molar-refractivity contribution in [3.05, 3.63) is 48.9 Å². The highest BCUT2D eigenvalue weighted by Gasteiger charge is 2.18. The van der Waals surface area contributed by atoms with Gasteiger partial charge in [0.1, 0.15) is 4.90 Å². The van der Waals surface area contributed by atoms with Crippen LogP contribution in [-0.2, 0) is 10.0 Å². The standard InChI is InChI=1S/C15H15N3O2S/c1-18(2)21(19,20)12-7-11(8-16-9-12)14-10-17-15-6-4-3-5-13(14)15/h3-10,17H,1-2H3. The summed E-state index contributed by atoms with van der Waals surface area (Å²) in [5.74, 6) is 0. The van der Waals surface area contributed by atoms with E-state index in [0.717, 1.165) is 22.0 Å². The number of pyridine rings is 1. The Morgan fingerprint density at radius 3 is 2.67 bits per heavy atom. The minimum atomic E-state index is -3.48. The molecule has 0 radical (unpaired) electrons. The van der Waals surface area contributed by atoms with Crippen molar-refractivity contribution in [3.63, 3.8) is 0 Å². The second kappa shape index (κ2) is 4.98. The molecule has 0 saturated carbocycles. The third-order valence-electron chi connectivity index (χ3n) is 3.39. The Kier molecular flexibility index (Phi) is 3.27. The molecule has 0 fully saturated rings. The van der Waals surface area contributed by atoms with Gasteiger partial charge in [-0.15, -0.1) is 0 Å². The second-order valence-corrected chi connectivity index (χ2v) is 7.10. The van der Waals surface area contributed by atoms with Gasteiger partial charge in [-0.1, -0.05) is 18.2 Å². The van der Waals surface area contributed by atoms with Crippen LogP contribution in [-0.4, -0.2) is 36.8 Å². The van der Waals surface area contributed by atoms with Crippen LogP contribution >= 0.6 is 0 Å². The van der Waals surface area contributed by atoms with E-state index < -0.39 is 10.0 Å². The van der Waals surface area contributed by atoms with E-state index in [4.69, 9.17) is 0 Å². The maximum absolute atomic E-state index is 12.2. The third-order valence-corrected chi connectivity index (χ3v) is 5.17. The average molecular weight is 301 g/mol. The Balaban J connectivity index is 2.17. The smallest absolute Gasteiger partial charge is 0.244 e. The minimum absolute atomic E-state index is 0.190. The minimum Gasteiger partial charge on any atom is -0.361 e. The molecule has 0 atom stereocenters. The van der Waals surface area contributed by atoms with E-state index in [9.17, 15) is 8.42 Å². The highest BCUT2D eigenvalue weighted by Crippen LogP contribution is 2.29. The van der Waals surface area contributed by atoms with E-state index in [1.54, 1.807) is 12.3 Å². The molecule has 2 aromatic heterocycles. The number of aromatic amines is 1. The summed E-state index contributed by atoms with van der Waals surface area (Å²) < 4.78 is 25.6. The van der Waals surface area contributed by atoms with Crippen molar-refractivity contribution in [1.29, 1.82) is 0 Å². The highest BCUT2D eigenvalue weighted by atomic mass is 32.2. The Hall–Kier alpha value is -2.18. The van der Waals surface area contributed by atoms with Crippen LogP contribution in [0.5, 0.6) is 0 Å². The Labute approximate surface area is 123 Å². The lowest BCUT2D eigenvalue weighted by atomic mass is 10.1. The molecule has 0 spiro atoms. The van der Waals surface area contributed by atoms with Gasteiger partial charge in [0.05, 0.1) is 0 Å². The van der Waals surface area contributed by atoms with Crippen LogP contribution in [0.25, 0.3) is 22.0 Å². The van der Waals surface area contributed by atoms with Crippen molar-refractivity contribution in [3.8, 4) is 11.1 Å². The number of fused-ring (bicyclic) bond motifs is 1. The summed E-state index contributed by atoms with van der Waals surface area (Å²) in [5, 5.41) is 1.04. The molecule has 0 unspecified atom stereocenters. The molecule has 2 heterocycles. The van der Waals surface area contributed by atoms with Crippen molar-refractivity contribution < 1.29 is 8.42 Å². The fourth-order valence-electron chi connectivity index (χ4n) is 2.23. The molecule has 0 aliphatic rings. The predicted octanol–water partition coefficient (Wildman–Crippen LogP) is 2.48. The van der Waals surface area contributed by atoms with Crippen LogP contribution < -0.4 is 0 Å². The van der Waals surface area contributed by atoms with Gasteiger partial charge in [0, 0.05) is 54.7 Å². The molecule has 0 aliphatic heterocycles. The summed E-state index contributed by atoms with van der Waals surface area (Å²) in [5.41, 5.74) is 2.72. The monoisotopic (exact) mass is 301 g/mol. The normalized spacial score (nSPS) is 12.1. The van der Waals surface area contributed by atoms with Crippen LogP contribution in [0.3, 0.4) is 0 Å². The molecular weight excluding hydrogens is 286 g/mol. The molecule has 3 rings (SSSR count). The van der Waals surface area contributed by atoms with Gasteiger partial charge in [-0.3, -0.25) is 4.98 Å². The van der Waals surface area contributed by atoms with E-state index in [1.807, 2.05) is 30.5 Å². The molecule has 6 heteroatoms. The number of nitrogens with one attached hydrogen (secondary N) is 1. The number of hydrogen-bond acceptors (Lipinski definition) is 3. The van der Waals surface area contributed by atoms with Gasteiger partial charge >= 0.3 is 0 Å². The molecule has 5 nitrogen and oxygen atoms in total. The van der Waals surface area contributed by atoms with Gasteiger partial charge in [0.2, 0.25) is 10.0 Å². The zero-order chi connectivity index (χ0) is 15.0. The molecule has 1 N–H and O–H groups in total. The van der Waals surface area contributed by atoms with Gasteiger partial charge in [-0.05, 0) is 12.1 Å². The zero-order valence-corrected chi connectivity index (χ0v) is 12.6. The lowest BCUT2D eigenvalue weighted by Crippen LogP contribution is -2.22. The molecule has 0 aliphatic carbocycles. The first-order chi connectivity index (χ1) is 10.00.